The summed E-state index contributed by atoms with van der Waals surface area (Å²) in [6.45, 7) is 4.01. The molecule has 0 bridgehead atoms. The van der Waals surface area contributed by atoms with E-state index in [2.05, 4.69) is 19.1 Å². The minimum atomic E-state index is -0.884. The fourth-order valence-electron chi connectivity index (χ4n) is 5.00. The van der Waals surface area contributed by atoms with Gasteiger partial charge in [-0.05, 0) is 62.5 Å². The van der Waals surface area contributed by atoms with Crippen LogP contribution in [-0.4, -0.2) is 33.0 Å². The number of hydrogen-bond acceptors (Lipinski definition) is 3. The molecule has 2 aliphatic rings. The van der Waals surface area contributed by atoms with Gasteiger partial charge in [0.05, 0.1) is 17.3 Å². The highest BCUT2D eigenvalue weighted by atomic mass is 16.4. The predicted octanol–water partition coefficient (Wildman–Crippen LogP) is 4.76. The molecule has 4 heteroatoms. The van der Waals surface area contributed by atoms with Gasteiger partial charge in [-0.15, -0.1) is 0 Å². The Labute approximate surface area is 174 Å². The molecule has 0 unspecified atom stereocenters. The molecule has 158 valence electrons. The minimum absolute atomic E-state index is 0.102. The first-order valence-corrected chi connectivity index (χ1v) is 10.9. The van der Waals surface area contributed by atoms with Crippen LogP contribution in [0.5, 0.6) is 0 Å². The van der Waals surface area contributed by atoms with Gasteiger partial charge >= 0.3 is 5.97 Å². The zero-order valence-corrected chi connectivity index (χ0v) is 17.6. The van der Waals surface area contributed by atoms with Crippen LogP contribution >= 0.6 is 0 Å². The van der Waals surface area contributed by atoms with Crippen molar-refractivity contribution in [1.29, 1.82) is 0 Å². The Kier molecular flexibility index (Phi) is 6.97. The zero-order chi connectivity index (χ0) is 21.0. The van der Waals surface area contributed by atoms with Gasteiger partial charge in [0.25, 0.3) is 0 Å². The van der Waals surface area contributed by atoms with Gasteiger partial charge < -0.3 is 15.3 Å². The zero-order valence-electron chi connectivity index (χ0n) is 17.6. The number of carboxylic acid groups (broad SMARTS) is 1. The van der Waals surface area contributed by atoms with Gasteiger partial charge in [0.15, 0.2) is 0 Å². The van der Waals surface area contributed by atoms with Crippen molar-refractivity contribution >= 4 is 5.97 Å². The van der Waals surface area contributed by atoms with Crippen molar-refractivity contribution in [1.82, 2.24) is 0 Å². The molecule has 0 amide bonds. The van der Waals surface area contributed by atoms with Crippen molar-refractivity contribution in [2.24, 2.45) is 17.8 Å². The molecule has 1 aromatic carbocycles. The molecule has 0 spiro atoms. The lowest BCUT2D eigenvalue weighted by Crippen LogP contribution is -2.23. The van der Waals surface area contributed by atoms with Crippen LogP contribution < -0.4 is 0 Å². The molecular formula is C25H34O4. The van der Waals surface area contributed by atoms with Crippen molar-refractivity contribution in [3.05, 3.63) is 59.2 Å². The third kappa shape index (κ3) is 5.37. The van der Waals surface area contributed by atoms with Gasteiger partial charge in [-0.3, -0.25) is 0 Å². The van der Waals surface area contributed by atoms with E-state index in [0.29, 0.717) is 30.2 Å². The molecule has 1 fully saturated rings. The second-order valence-corrected chi connectivity index (χ2v) is 9.11. The van der Waals surface area contributed by atoms with Gasteiger partial charge in [-0.25, -0.2) is 4.79 Å². The first-order chi connectivity index (χ1) is 13.8. The lowest BCUT2D eigenvalue weighted by atomic mass is 9.87. The number of aliphatic hydroxyl groups excluding tert-OH is 1. The highest BCUT2D eigenvalue weighted by Crippen LogP contribution is 2.48. The Hall–Kier alpha value is -1.91. The maximum atomic E-state index is 11.5. The van der Waals surface area contributed by atoms with Crippen LogP contribution in [0.3, 0.4) is 0 Å². The van der Waals surface area contributed by atoms with E-state index in [0.717, 1.165) is 37.7 Å². The molecule has 0 heterocycles. The summed E-state index contributed by atoms with van der Waals surface area (Å²) in [6.07, 6.45) is 11.9. The van der Waals surface area contributed by atoms with Crippen LogP contribution in [-0.2, 0) is 6.42 Å². The number of hydrogen-bond donors (Lipinski definition) is 3. The Morgan fingerprint density at radius 3 is 2.79 bits per heavy atom. The second-order valence-electron chi connectivity index (χ2n) is 9.11. The molecule has 3 N–H and O–H groups in total. The monoisotopic (exact) mass is 398 g/mol. The number of aromatic carboxylic acids is 1. The summed E-state index contributed by atoms with van der Waals surface area (Å²) in [5, 5.41) is 30.4. The van der Waals surface area contributed by atoms with E-state index in [1.165, 1.54) is 5.57 Å². The van der Waals surface area contributed by atoms with Crippen LogP contribution in [0.1, 0.15) is 68.3 Å². The summed E-state index contributed by atoms with van der Waals surface area (Å²) in [5.74, 6) is -0.0581. The van der Waals surface area contributed by atoms with E-state index in [4.69, 9.17) is 0 Å². The standard InChI is InChI=1S/C25H34O4/c1-3-4-11-25(2,29)12-7-10-21-22-15-17(14-19(22)16-23(21)26)13-18-8-5-6-9-20(18)24(27)28/h5-10,14,19,21-23,26,29H,3-4,11-13,15-16H2,1-2H3,(H,27,28)/t19-,21-,22-,23+,25+/m0/s1. The van der Waals surface area contributed by atoms with E-state index >= 15 is 0 Å². The maximum absolute atomic E-state index is 11.5. The van der Waals surface area contributed by atoms with Gasteiger partial charge in [-0.1, -0.05) is 61.8 Å². The summed E-state index contributed by atoms with van der Waals surface area (Å²) in [7, 11) is 0. The van der Waals surface area contributed by atoms with Gasteiger partial charge in [0.1, 0.15) is 0 Å². The van der Waals surface area contributed by atoms with E-state index in [-0.39, 0.29) is 12.0 Å². The van der Waals surface area contributed by atoms with Crippen LogP contribution in [0.15, 0.2) is 48.1 Å². The summed E-state index contributed by atoms with van der Waals surface area (Å²) in [6, 6.07) is 7.20. The molecule has 5 atom stereocenters. The van der Waals surface area contributed by atoms with Crippen molar-refractivity contribution in [3.63, 3.8) is 0 Å². The molecule has 1 saturated carbocycles. The second kappa shape index (κ2) is 9.27. The molecule has 0 saturated heterocycles. The Morgan fingerprint density at radius 1 is 1.31 bits per heavy atom. The molecule has 2 aliphatic carbocycles. The largest absolute Gasteiger partial charge is 0.478 e. The van der Waals surface area contributed by atoms with Gasteiger partial charge in [0.2, 0.25) is 0 Å². The summed E-state index contributed by atoms with van der Waals surface area (Å²) in [4.78, 5) is 11.5. The fraction of sp³-hybridized carbons (Fsp3) is 0.560. The third-order valence-corrected chi connectivity index (χ3v) is 6.60. The Bertz CT molecular complexity index is 777. The fourth-order valence-corrected chi connectivity index (χ4v) is 5.00. The number of allylic oxidation sites excluding steroid dienone is 2. The van der Waals surface area contributed by atoms with Crippen molar-refractivity contribution < 1.29 is 20.1 Å². The average Bonchev–Trinajstić information content (AvgIpc) is 3.17. The first-order valence-electron chi connectivity index (χ1n) is 10.9. The lowest BCUT2D eigenvalue weighted by Gasteiger charge is -2.22. The lowest BCUT2D eigenvalue weighted by molar-refractivity contribution is 0.0513. The predicted molar refractivity (Wildman–Crippen MR) is 115 cm³/mol. The van der Waals surface area contributed by atoms with Gasteiger partial charge in [0, 0.05) is 5.92 Å². The van der Waals surface area contributed by atoms with Crippen molar-refractivity contribution in [2.45, 2.75) is 70.5 Å². The number of aliphatic hydroxyl groups is 2. The number of benzene rings is 1. The summed E-state index contributed by atoms with van der Waals surface area (Å²) >= 11 is 0. The number of fused-ring (bicyclic) bond motifs is 1. The normalized spacial score (nSPS) is 28.3. The summed E-state index contributed by atoms with van der Waals surface area (Å²) in [5.41, 5.74) is 1.81. The highest BCUT2D eigenvalue weighted by Gasteiger charge is 2.43. The van der Waals surface area contributed by atoms with Gasteiger partial charge in [-0.2, -0.15) is 0 Å². The number of carbonyl (C=O) groups is 1. The molecular weight excluding hydrogens is 364 g/mol. The molecule has 4 nitrogen and oxygen atoms in total. The first kappa shape index (κ1) is 21.8. The van der Waals surface area contributed by atoms with Crippen molar-refractivity contribution in [3.8, 4) is 0 Å². The van der Waals surface area contributed by atoms with Crippen LogP contribution in [0.4, 0.5) is 0 Å². The smallest absolute Gasteiger partial charge is 0.335 e. The maximum Gasteiger partial charge on any atom is 0.335 e. The minimum Gasteiger partial charge on any atom is -0.478 e. The van der Waals surface area contributed by atoms with E-state index in [1.807, 2.05) is 25.1 Å². The highest BCUT2D eigenvalue weighted by molar-refractivity contribution is 5.89. The van der Waals surface area contributed by atoms with E-state index in [9.17, 15) is 20.1 Å². The molecule has 0 radical (unpaired) electrons. The Balaban J connectivity index is 1.62. The van der Waals surface area contributed by atoms with E-state index in [1.54, 1.807) is 12.1 Å². The number of rotatable bonds is 9. The van der Waals surface area contributed by atoms with Crippen LogP contribution in [0.25, 0.3) is 0 Å². The number of carboxylic acids is 1. The Morgan fingerprint density at radius 2 is 2.07 bits per heavy atom. The molecule has 1 aromatic rings. The topological polar surface area (TPSA) is 77.8 Å². The SMILES string of the molecule is CCCC[C@@](C)(O)CC=C[C@H]1[C@H]2CC(Cc3ccccc3C(=O)O)=C[C@H]2C[C@H]1O. The van der Waals surface area contributed by atoms with Crippen LogP contribution in [0.2, 0.25) is 0 Å². The molecule has 29 heavy (non-hydrogen) atoms. The molecule has 3 rings (SSSR count). The average molecular weight is 399 g/mol. The van der Waals surface area contributed by atoms with Crippen molar-refractivity contribution in [2.75, 3.05) is 0 Å². The molecule has 0 aliphatic heterocycles. The summed E-state index contributed by atoms with van der Waals surface area (Å²) < 4.78 is 0. The third-order valence-electron chi connectivity index (χ3n) is 6.60. The molecule has 0 aromatic heterocycles. The van der Waals surface area contributed by atoms with E-state index < -0.39 is 11.6 Å². The quantitative estimate of drug-likeness (QED) is 0.524. The van der Waals surface area contributed by atoms with Crippen LogP contribution in [0, 0.1) is 17.8 Å². The number of unbranched alkanes of at least 4 members (excludes halogenated alkanes) is 1.